The van der Waals surface area contributed by atoms with E-state index in [2.05, 4.69) is 24.1 Å². The van der Waals surface area contributed by atoms with Gasteiger partial charge < -0.3 is 5.11 Å². The molecule has 0 saturated heterocycles. The van der Waals surface area contributed by atoms with E-state index >= 15 is 0 Å². The zero-order valence-corrected chi connectivity index (χ0v) is 9.71. The third kappa shape index (κ3) is 2.71. The SMILES string of the molecule is CN1CC=CC[C@@H]1C[C@@H](O)c1ccccc1. The van der Waals surface area contributed by atoms with Gasteiger partial charge in [-0.1, -0.05) is 42.5 Å². The molecule has 0 bridgehead atoms. The van der Waals surface area contributed by atoms with Crippen molar-refractivity contribution in [3.05, 3.63) is 48.0 Å². The third-order valence-electron chi connectivity index (χ3n) is 3.27. The van der Waals surface area contributed by atoms with Gasteiger partial charge in [-0.2, -0.15) is 0 Å². The first-order valence-corrected chi connectivity index (χ1v) is 5.85. The average molecular weight is 217 g/mol. The summed E-state index contributed by atoms with van der Waals surface area (Å²) < 4.78 is 0. The van der Waals surface area contributed by atoms with Gasteiger partial charge in [0.25, 0.3) is 0 Å². The lowest BCUT2D eigenvalue weighted by atomic mass is 9.97. The van der Waals surface area contributed by atoms with Crippen LogP contribution in [0.15, 0.2) is 42.5 Å². The van der Waals surface area contributed by atoms with Crippen LogP contribution in [0.3, 0.4) is 0 Å². The van der Waals surface area contributed by atoms with Crippen molar-refractivity contribution in [1.82, 2.24) is 4.90 Å². The van der Waals surface area contributed by atoms with Crippen LogP contribution in [-0.2, 0) is 0 Å². The number of rotatable bonds is 3. The van der Waals surface area contributed by atoms with Crippen LogP contribution in [0.4, 0.5) is 0 Å². The van der Waals surface area contributed by atoms with E-state index in [0.29, 0.717) is 6.04 Å². The molecule has 0 radical (unpaired) electrons. The van der Waals surface area contributed by atoms with E-state index in [1.54, 1.807) is 0 Å². The summed E-state index contributed by atoms with van der Waals surface area (Å²) in [6.07, 6.45) is 5.90. The summed E-state index contributed by atoms with van der Waals surface area (Å²) in [6, 6.07) is 10.4. The van der Waals surface area contributed by atoms with Crippen LogP contribution in [0, 0.1) is 0 Å². The molecule has 0 saturated carbocycles. The quantitative estimate of drug-likeness (QED) is 0.786. The molecule has 1 aromatic rings. The Hall–Kier alpha value is -1.12. The van der Waals surface area contributed by atoms with Crippen LogP contribution in [0.5, 0.6) is 0 Å². The van der Waals surface area contributed by atoms with E-state index in [4.69, 9.17) is 0 Å². The van der Waals surface area contributed by atoms with Crippen LogP contribution >= 0.6 is 0 Å². The summed E-state index contributed by atoms with van der Waals surface area (Å²) in [5, 5.41) is 10.1. The number of hydrogen-bond donors (Lipinski definition) is 1. The Morgan fingerprint density at radius 2 is 2.06 bits per heavy atom. The highest BCUT2D eigenvalue weighted by atomic mass is 16.3. The molecule has 0 amide bonds. The average Bonchev–Trinajstić information content (AvgIpc) is 2.33. The lowest BCUT2D eigenvalue weighted by molar-refractivity contribution is 0.117. The Kier molecular flexibility index (Phi) is 3.75. The first-order chi connectivity index (χ1) is 7.77. The molecule has 1 aliphatic heterocycles. The third-order valence-corrected chi connectivity index (χ3v) is 3.27. The van der Waals surface area contributed by atoms with Gasteiger partial charge in [0.2, 0.25) is 0 Å². The number of aliphatic hydroxyl groups is 1. The van der Waals surface area contributed by atoms with Gasteiger partial charge in [-0.25, -0.2) is 0 Å². The van der Waals surface area contributed by atoms with Crippen LogP contribution in [0.1, 0.15) is 24.5 Å². The molecule has 2 rings (SSSR count). The van der Waals surface area contributed by atoms with E-state index in [-0.39, 0.29) is 6.10 Å². The van der Waals surface area contributed by atoms with Gasteiger partial charge in [-0.15, -0.1) is 0 Å². The molecule has 0 aromatic heterocycles. The van der Waals surface area contributed by atoms with Gasteiger partial charge in [0, 0.05) is 12.6 Å². The second kappa shape index (κ2) is 5.28. The van der Waals surface area contributed by atoms with Crippen molar-refractivity contribution in [2.75, 3.05) is 13.6 Å². The fourth-order valence-electron chi connectivity index (χ4n) is 2.17. The summed E-state index contributed by atoms with van der Waals surface area (Å²) in [4.78, 5) is 2.30. The van der Waals surface area contributed by atoms with E-state index in [1.807, 2.05) is 30.3 Å². The molecule has 0 fully saturated rings. The second-order valence-electron chi connectivity index (χ2n) is 4.46. The van der Waals surface area contributed by atoms with Gasteiger partial charge in [0.15, 0.2) is 0 Å². The number of benzene rings is 1. The molecule has 1 N–H and O–H groups in total. The minimum absolute atomic E-state index is 0.347. The van der Waals surface area contributed by atoms with Crippen molar-refractivity contribution in [3.63, 3.8) is 0 Å². The highest BCUT2D eigenvalue weighted by Crippen LogP contribution is 2.23. The highest BCUT2D eigenvalue weighted by Gasteiger charge is 2.20. The van der Waals surface area contributed by atoms with E-state index in [1.165, 1.54) is 0 Å². The number of aliphatic hydroxyl groups excluding tert-OH is 1. The van der Waals surface area contributed by atoms with Crippen molar-refractivity contribution in [2.45, 2.75) is 25.0 Å². The molecular weight excluding hydrogens is 198 g/mol. The number of hydrogen-bond acceptors (Lipinski definition) is 2. The van der Waals surface area contributed by atoms with Crippen LogP contribution in [0.2, 0.25) is 0 Å². The van der Waals surface area contributed by atoms with Crippen LogP contribution in [-0.4, -0.2) is 29.6 Å². The monoisotopic (exact) mass is 217 g/mol. The van der Waals surface area contributed by atoms with Gasteiger partial charge in [-0.3, -0.25) is 4.90 Å². The Bertz CT molecular complexity index is 347. The van der Waals surface area contributed by atoms with Crippen molar-refractivity contribution < 1.29 is 5.11 Å². The van der Waals surface area contributed by atoms with Gasteiger partial charge >= 0.3 is 0 Å². The maximum Gasteiger partial charge on any atom is 0.0805 e. The molecule has 1 heterocycles. The predicted octanol–water partition coefficient (Wildman–Crippen LogP) is 2.37. The molecule has 0 spiro atoms. The summed E-state index contributed by atoms with van der Waals surface area (Å²) in [6.45, 7) is 0.992. The fourth-order valence-corrected chi connectivity index (χ4v) is 2.17. The van der Waals surface area contributed by atoms with E-state index in [0.717, 1.165) is 24.9 Å². The molecule has 86 valence electrons. The summed E-state index contributed by atoms with van der Waals surface area (Å²) in [5.74, 6) is 0. The smallest absolute Gasteiger partial charge is 0.0805 e. The van der Waals surface area contributed by atoms with Crippen molar-refractivity contribution in [1.29, 1.82) is 0 Å². The van der Waals surface area contributed by atoms with Gasteiger partial charge in [0.05, 0.1) is 6.10 Å². The molecule has 2 nitrogen and oxygen atoms in total. The second-order valence-corrected chi connectivity index (χ2v) is 4.46. The van der Waals surface area contributed by atoms with Crippen LogP contribution in [0.25, 0.3) is 0 Å². The minimum Gasteiger partial charge on any atom is -0.388 e. The molecule has 2 atom stereocenters. The Morgan fingerprint density at radius 3 is 2.75 bits per heavy atom. The molecule has 2 heteroatoms. The topological polar surface area (TPSA) is 23.5 Å². The predicted molar refractivity (Wildman–Crippen MR) is 66.2 cm³/mol. The largest absolute Gasteiger partial charge is 0.388 e. The van der Waals surface area contributed by atoms with Crippen molar-refractivity contribution in [3.8, 4) is 0 Å². The van der Waals surface area contributed by atoms with E-state index < -0.39 is 0 Å². The van der Waals surface area contributed by atoms with Crippen LogP contribution < -0.4 is 0 Å². The molecular formula is C14H19NO. The maximum absolute atomic E-state index is 10.1. The Balaban J connectivity index is 1.97. The molecule has 1 aromatic carbocycles. The fraction of sp³-hybridized carbons (Fsp3) is 0.429. The van der Waals surface area contributed by atoms with Gasteiger partial charge in [-0.05, 0) is 25.5 Å². The lowest BCUT2D eigenvalue weighted by Crippen LogP contribution is -2.35. The molecule has 0 unspecified atom stereocenters. The van der Waals surface area contributed by atoms with Gasteiger partial charge in [0.1, 0.15) is 0 Å². The number of likely N-dealkylation sites (N-methyl/N-ethyl adjacent to an activating group) is 1. The molecule has 16 heavy (non-hydrogen) atoms. The zero-order chi connectivity index (χ0) is 11.4. The first kappa shape index (κ1) is 11.4. The standard InChI is InChI=1S/C14H19NO/c1-15-10-6-5-9-13(15)11-14(16)12-7-3-2-4-8-12/h2-8,13-14,16H,9-11H2,1H3/t13-,14-/m1/s1. The van der Waals surface area contributed by atoms with Crippen molar-refractivity contribution in [2.24, 2.45) is 0 Å². The summed E-state index contributed by atoms with van der Waals surface area (Å²) in [7, 11) is 2.12. The number of nitrogens with zero attached hydrogens (tertiary/aromatic N) is 1. The maximum atomic E-state index is 10.1. The Labute approximate surface area is 97.2 Å². The minimum atomic E-state index is -0.347. The zero-order valence-electron chi connectivity index (χ0n) is 9.71. The highest BCUT2D eigenvalue weighted by molar-refractivity contribution is 5.17. The van der Waals surface area contributed by atoms with Crippen molar-refractivity contribution >= 4 is 0 Å². The van der Waals surface area contributed by atoms with E-state index in [9.17, 15) is 5.11 Å². The molecule has 1 aliphatic rings. The normalized spacial score (nSPS) is 23.2. The summed E-state index contributed by atoms with van der Waals surface area (Å²) in [5.41, 5.74) is 1.02. The lowest BCUT2D eigenvalue weighted by Gasteiger charge is -2.30. The Morgan fingerprint density at radius 1 is 1.31 bits per heavy atom. The summed E-state index contributed by atoms with van der Waals surface area (Å²) >= 11 is 0. The molecule has 0 aliphatic carbocycles. The first-order valence-electron chi connectivity index (χ1n) is 5.85.